The number of halogens is 3. The van der Waals surface area contributed by atoms with Crippen LogP contribution in [0.4, 0.5) is 19.1 Å². The van der Waals surface area contributed by atoms with Gasteiger partial charge in [0.2, 0.25) is 11.9 Å². The van der Waals surface area contributed by atoms with Crippen LogP contribution >= 0.6 is 0 Å². The van der Waals surface area contributed by atoms with E-state index in [-0.39, 0.29) is 24.7 Å². The summed E-state index contributed by atoms with van der Waals surface area (Å²) >= 11 is 0. The third-order valence-electron chi connectivity index (χ3n) is 4.13. The third kappa shape index (κ3) is 7.00. The molecule has 1 saturated heterocycles. The number of carbonyl (C=O) groups is 2. The van der Waals surface area contributed by atoms with Gasteiger partial charge in [-0.2, -0.15) is 13.2 Å². The van der Waals surface area contributed by atoms with Gasteiger partial charge in [-0.05, 0) is 19.0 Å². The van der Waals surface area contributed by atoms with Crippen molar-refractivity contribution in [2.75, 3.05) is 44.2 Å². The van der Waals surface area contributed by atoms with E-state index in [2.05, 4.69) is 20.2 Å². The second-order valence-corrected chi connectivity index (χ2v) is 6.17. The van der Waals surface area contributed by atoms with E-state index in [1.165, 1.54) is 0 Å². The van der Waals surface area contributed by atoms with E-state index in [4.69, 9.17) is 5.11 Å². The van der Waals surface area contributed by atoms with Crippen molar-refractivity contribution in [3.05, 3.63) is 18.0 Å². The molecule has 2 rings (SSSR count). The molecule has 1 amide bonds. The first-order valence-electron chi connectivity index (χ1n) is 8.62. The first kappa shape index (κ1) is 20.9. The average molecular weight is 389 g/mol. The average Bonchev–Trinajstić information content (AvgIpc) is 2.63. The molecule has 0 spiro atoms. The number of alkyl halides is 3. The molecule has 0 saturated carbocycles. The normalized spacial score (nSPS) is 15.6. The number of carboxylic acid groups (broad SMARTS) is 1. The van der Waals surface area contributed by atoms with Crippen molar-refractivity contribution in [2.45, 2.75) is 25.4 Å². The van der Waals surface area contributed by atoms with Gasteiger partial charge in [-0.3, -0.25) is 14.5 Å². The van der Waals surface area contributed by atoms with Crippen LogP contribution in [0, 0.1) is 0 Å². The van der Waals surface area contributed by atoms with Crippen molar-refractivity contribution in [3.63, 3.8) is 0 Å². The molecule has 1 aromatic heterocycles. The largest absolute Gasteiger partial charge is 0.481 e. The summed E-state index contributed by atoms with van der Waals surface area (Å²) in [7, 11) is 0. The minimum atomic E-state index is -4.49. The molecule has 1 aliphatic rings. The van der Waals surface area contributed by atoms with Crippen LogP contribution in [-0.4, -0.2) is 71.1 Å². The molecule has 0 atom stereocenters. The predicted octanol–water partition coefficient (Wildman–Crippen LogP) is 0.989. The van der Waals surface area contributed by atoms with Crippen molar-refractivity contribution < 1.29 is 27.9 Å². The smallest absolute Gasteiger partial charge is 0.433 e. The third-order valence-corrected chi connectivity index (χ3v) is 4.13. The summed E-state index contributed by atoms with van der Waals surface area (Å²) in [5.74, 6) is -1.22. The van der Waals surface area contributed by atoms with E-state index >= 15 is 0 Å². The number of hydrogen-bond donors (Lipinski definition) is 2. The van der Waals surface area contributed by atoms with Gasteiger partial charge in [0, 0.05) is 45.3 Å². The van der Waals surface area contributed by atoms with E-state index < -0.39 is 17.8 Å². The number of aromatic nitrogens is 2. The van der Waals surface area contributed by atoms with Crippen molar-refractivity contribution in [1.82, 2.24) is 20.2 Å². The minimum absolute atomic E-state index is 0.0367. The molecule has 2 N–H and O–H groups in total. The Balaban J connectivity index is 1.69. The summed E-state index contributed by atoms with van der Waals surface area (Å²) < 4.78 is 38.2. The van der Waals surface area contributed by atoms with E-state index in [1.54, 1.807) is 4.90 Å². The van der Waals surface area contributed by atoms with Crippen LogP contribution in [-0.2, 0) is 15.8 Å². The highest BCUT2D eigenvalue weighted by atomic mass is 19.4. The topological polar surface area (TPSA) is 98.7 Å². The molecule has 2 heterocycles. The quantitative estimate of drug-likeness (QED) is 0.640. The number of carbonyl (C=O) groups excluding carboxylic acids is 1. The zero-order chi connectivity index (χ0) is 19.9. The van der Waals surface area contributed by atoms with Crippen molar-refractivity contribution in [1.29, 1.82) is 0 Å². The van der Waals surface area contributed by atoms with Crippen LogP contribution in [0.15, 0.2) is 12.3 Å². The van der Waals surface area contributed by atoms with E-state index in [1.807, 2.05) is 0 Å². The highest BCUT2D eigenvalue weighted by molar-refractivity contribution is 5.80. The molecular weight excluding hydrogens is 367 g/mol. The zero-order valence-electron chi connectivity index (χ0n) is 14.7. The molecule has 11 heteroatoms. The molecule has 0 unspecified atom stereocenters. The number of amides is 1. The number of hydrogen-bond acceptors (Lipinski definition) is 6. The van der Waals surface area contributed by atoms with Gasteiger partial charge in [-0.1, -0.05) is 0 Å². The molecule has 27 heavy (non-hydrogen) atoms. The van der Waals surface area contributed by atoms with Gasteiger partial charge in [0.25, 0.3) is 0 Å². The number of carboxylic acids is 1. The summed E-state index contributed by atoms with van der Waals surface area (Å²) in [6, 6.07) is 0.852. The lowest BCUT2D eigenvalue weighted by molar-refractivity contribution is -0.141. The van der Waals surface area contributed by atoms with Crippen LogP contribution in [0.25, 0.3) is 0 Å². The van der Waals surface area contributed by atoms with Crippen molar-refractivity contribution in [2.24, 2.45) is 0 Å². The Morgan fingerprint density at radius 1 is 1.19 bits per heavy atom. The first-order chi connectivity index (χ1) is 12.8. The maximum Gasteiger partial charge on any atom is 0.433 e. The molecule has 1 fully saturated rings. The number of aliphatic carboxylic acids is 1. The molecule has 150 valence electrons. The lowest BCUT2D eigenvalue weighted by Crippen LogP contribution is -2.47. The lowest BCUT2D eigenvalue weighted by atomic mass is 10.2. The maximum absolute atomic E-state index is 12.7. The second-order valence-electron chi connectivity index (χ2n) is 6.17. The molecule has 0 aliphatic carbocycles. The van der Waals surface area contributed by atoms with Crippen LogP contribution in [0.5, 0.6) is 0 Å². The van der Waals surface area contributed by atoms with Crippen molar-refractivity contribution >= 4 is 17.8 Å². The van der Waals surface area contributed by atoms with Gasteiger partial charge < -0.3 is 15.3 Å². The Morgan fingerprint density at radius 2 is 1.89 bits per heavy atom. The Morgan fingerprint density at radius 3 is 2.52 bits per heavy atom. The Kier molecular flexibility index (Phi) is 7.34. The number of piperazine rings is 1. The predicted molar refractivity (Wildman–Crippen MR) is 90.2 cm³/mol. The lowest BCUT2D eigenvalue weighted by Gasteiger charge is -2.34. The molecule has 0 bridgehead atoms. The Hall–Kier alpha value is -2.43. The fourth-order valence-corrected chi connectivity index (χ4v) is 2.67. The Bertz CT molecular complexity index is 648. The summed E-state index contributed by atoms with van der Waals surface area (Å²) in [6.45, 7) is 3.55. The van der Waals surface area contributed by atoms with Crippen molar-refractivity contribution in [3.8, 4) is 0 Å². The summed E-state index contributed by atoms with van der Waals surface area (Å²) in [5, 5.41) is 11.2. The molecule has 1 aliphatic heterocycles. The van der Waals surface area contributed by atoms with Gasteiger partial charge in [0.1, 0.15) is 5.69 Å². The second kappa shape index (κ2) is 9.49. The van der Waals surface area contributed by atoms with E-state index in [0.29, 0.717) is 39.1 Å². The van der Waals surface area contributed by atoms with Crippen LogP contribution in [0.2, 0.25) is 0 Å². The molecule has 8 nitrogen and oxygen atoms in total. The summed E-state index contributed by atoms with van der Waals surface area (Å²) in [6.07, 6.45) is -2.89. The van der Waals surface area contributed by atoms with E-state index in [9.17, 15) is 22.8 Å². The molecular formula is C16H22F3N5O3. The standard InChI is InChI=1S/C16H22F3N5O3/c17-16(18,19)12-4-6-21-15(22-12)24-10-8-23(9-11-24)7-1-5-20-13(25)2-3-14(26)27/h4,6H,1-3,5,7-11H2,(H,20,25)(H,26,27). The van der Waals surface area contributed by atoms with E-state index in [0.717, 1.165) is 18.8 Å². The zero-order valence-corrected chi connectivity index (χ0v) is 14.7. The first-order valence-corrected chi connectivity index (χ1v) is 8.62. The Labute approximate surface area is 154 Å². The molecule has 1 aromatic rings. The number of nitrogens with one attached hydrogen (secondary N) is 1. The highest BCUT2D eigenvalue weighted by Crippen LogP contribution is 2.28. The van der Waals surface area contributed by atoms with Gasteiger partial charge in [0.05, 0.1) is 6.42 Å². The molecule has 0 aromatic carbocycles. The van der Waals surface area contributed by atoms with Crippen LogP contribution in [0.1, 0.15) is 25.0 Å². The number of nitrogens with zero attached hydrogens (tertiary/aromatic N) is 4. The van der Waals surface area contributed by atoms with Gasteiger partial charge in [-0.15, -0.1) is 0 Å². The number of anilines is 1. The molecule has 0 radical (unpaired) electrons. The SMILES string of the molecule is O=C(O)CCC(=O)NCCCN1CCN(c2nccc(C(F)(F)F)n2)CC1. The van der Waals surface area contributed by atoms with Crippen LogP contribution < -0.4 is 10.2 Å². The fraction of sp³-hybridized carbons (Fsp3) is 0.625. The summed E-state index contributed by atoms with van der Waals surface area (Å²) in [4.78, 5) is 33.2. The number of rotatable bonds is 8. The monoisotopic (exact) mass is 389 g/mol. The maximum atomic E-state index is 12.7. The van der Waals surface area contributed by atoms with Gasteiger partial charge in [0.15, 0.2) is 0 Å². The van der Waals surface area contributed by atoms with Crippen LogP contribution in [0.3, 0.4) is 0 Å². The van der Waals surface area contributed by atoms with Gasteiger partial charge >= 0.3 is 12.1 Å². The minimum Gasteiger partial charge on any atom is -0.481 e. The highest BCUT2D eigenvalue weighted by Gasteiger charge is 2.33. The summed E-state index contributed by atoms with van der Waals surface area (Å²) in [5.41, 5.74) is -0.950. The van der Waals surface area contributed by atoms with Gasteiger partial charge in [-0.25, -0.2) is 9.97 Å². The fourth-order valence-electron chi connectivity index (χ4n) is 2.67.